The lowest BCUT2D eigenvalue weighted by Gasteiger charge is -2.24. The molecule has 2 aromatic carbocycles. The molecule has 0 unspecified atom stereocenters. The fraction of sp³-hybridized carbons (Fsp3) is 0.333. The fourth-order valence-corrected chi connectivity index (χ4v) is 2.42. The van der Waals surface area contributed by atoms with Gasteiger partial charge in [-0.3, -0.25) is 0 Å². The van der Waals surface area contributed by atoms with Gasteiger partial charge >= 0.3 is 0 Å². The van der Waals surface area contributed by atoms with Gasteiger partial charge in [0.25, 0.3) is 0 Å². The standard InChI is InChI=1S/C18H24N2O/c1-4-20(17-9-5-14(2)6-10-17)13-15-7-8-16(12-19)18(11-15)21-3/h5-11H,4,12-13,19H2,1-3H3. The van der Waals surface area contributed by atoms with Crippen LogP contribution in [0, 0.1) is 6.92 Å². The highest BCUT2D eigenvalue weighted by molar-refractivity contribution is 5.48. The molecule has 0 aromatic heterocycles. The Morgan fingerprint density at radius 1 is 1.10 bits per heavy atom. The van der Waals surface area contributed by atoms with E-state index < -0.39 is 0 Å². The molecule has 2 rings (SSSR count). The van der Waals surface area contributed by atoms with E-state index in [2.05, 4.69) is 61.2 Å². The van der Waals surface area contributed by atoms with Gasteiger partial charge in [-0.05, 0) is 37.6 Å². The van der Waals surface area contributed by atoms with Gasteiger partial charge in [-0.25, -0.2) is 0 Å². The summed E-state index contributed by atoms with van der Waals surface area (Å²) in [5.41, 5.74) is 10.5. The fourth-order valence-electron chi connectivity index (χ4n) is 2.42. The van der Waals surface area contributed by atoms with Crippen LogP contribution in [0.3, 0.4) is 0 Å². The van der Waals surface area contributed by atoms with E-state index in [1.807, 2.05) is 0 Å². The molecule has 112 valence electrons. The Hall–Kier alpha value is -2.00. The zero-order valence-corrected chi connectivity index (χ0v) is 13.1. The Labute approximate surface area is 127 Å². The molecule has 2 N–H and O–H groups in total. The molecule has 0 amide bonds. The van der Waals surface area contributed by atoms with Crippen LogP contribution in [0.5, 0.6) is 5.75 Å². The summed E-state index contributed by atoms with van der Waals surface area (Å²) in [6.45, 7) is 6.60. The third-order valence-electron chi connectivity index (χ3n) is 3.73. The number of aryl methyl sites for hydroxylation is 1. The van der Waals surface area contributed by atoms with E-state index in [1.165, 1.54) is 16.8 Å². The summed E-state index contributed by atoms with van der Waals surface area (Å²) in [7, 11) is 1.69. The van der Waals surface area contributed by atoms with Gasteiger partial charge in [-0.1, -0.05) is 29.8 Å². The van der Waals surface area contributed by atoms with Gasteiger partial charge in [-0.15, -0.1) is 0 Å². The molecule has 21 heavy (non-hydrogen) atoms. The maximum atomic E-state index is 5.72. The van der Waals surface area contributed by atoms with Gasteiger partial charge in [0, 0.05) is 30.9 Å². The maximum Gasteiger partial charge on any atom is 0.123 e. The van der Waals surface area contributed by atoms with Crippen molar-refractivity contribution in [1.82, 2.24) is 0 Å². The monoisotopic (exact) mass is 284 g/mol. The summed E-state index contributed by atoms with van der Waals surface area (Å²) in [4.78, 5) is 2.34. The molecule has 0 saturated heterocycles. The van der Waals surface area contributed by atoms with E-state index >= 15 is 0 Å². The second-order valence-corrected chi connectivity index (χ2v) is 5.20. The predicted octanol–water partition coefficient (Wildman–Crippen LogP) is 3.49. The molecule has 0 heterocycles. The average molecular weight is 284 g/mol. The summed E-state index contributed by atoms with van der Waals surface area (Å²) in [5, 5.41) is 0. The summed E-state index contributed by atoms with van der Waals surface area (Å²) in [5.74, 6) is 0.870. The molecule has 0 spiro atoms. The molecule has 0 atom stereocenters. The van der Waals surface area contributed by atoms with E-state index in [4.69, 9.17) is 10.5 Å². The van der Waals surface area contributed by atoms with E-state index in [1.54, 1.807) is 7.11 Å². The average Bonchev–Trinajstić information content (AvgIpc) is 2.53. The minimum Gasteiger partial charge on any atom is -0.496 e. The summed E-state index contributed by atoms with van der Waals surface area (Å²) >= 11 is 0. The first-order valence-corrected chi connectivity index (χ1v) is 7.35. The molecule has 0 aliphatic heterocycles. The largest absolute Gasteiger partial charge is 0.496 e. The molecule has 0 aliphatic rings. The highest BCUT2D eigenvalue weighted by Crippen LogP contribution is 2.23. The first kappa shape index (κ1) is 15.4. The number of benzene rings is 2. The van der Waals surface area contributed by atoms with E-state index in [9.17, 15) is 0 Å². The second kappa shape index (κ2) is 7.14. The molecule has 0 radical (unpaired) electrons. The van der Waals surface area contributed by atoms with Crippen molar-refractivity contribution in [2.75, 3.05) is 18.6 Å². The number of hydrogen-bond donors (Lipinski definition) is 1. The first-order valence-electron chi connectivity index (χ1n) is 7.35. The third-order valence-corrected chi connectivity index (χ3v) is 3.73. The Morgan fingerprint density at radius 3 is 2.38 bits per heavy atom. The van der Waals surface area contributed by atoms with Crippen LogP contribution >= 0.6 is 0 Å². The molecule has 0 bridgehead atoms. The van der Waals surface area contributed by atoms with Crippen LogP contribution in [0.15, 0.2) is 42.5 Å². The molecular formula is C18H24N2O. The lowest BCUT2D eigenvalue weighted by molar-refractivity contribution is 0.409. The van der Waals surface area contributed by atoms with Crippen molar-refractivity contribution in [3.8, 4) is 5.75 Å². The van der Waals surface area contributed by atoms with Crippen LogP contribution in [0.1, 0.15) is 23.6 Å². The Morgan fingerprint density at radius 2 is 1.81 bits per heavy atom. The van der Waals surface area contributed by atoms with Crippen LogP contribution in [-0.4, -0.2) is 13.7 Å². The van der Waals surface area contributed by atoms with Crippen LogP contribution in [0.4, 0.5) is 5.69 Å². The van der Waals surface area contributed by atoms with Gasteiger partial charge in [0.15, 0.2) is 0 Å². The maximum absolute atomic E-state index is 5.72. The molecule has 2 aromatic rings. The Bertz CT molecular complexity index is 578. The number of ether oxygens (including phenoxy) is 1. The van der Waals surface area contributed by atoms with Crippen molar-refractivity contribution in [3.63, 3.8) is 0 Å². The van der Waals surface area contributed by atoms with Gasteiger partial charge in [0.1, 0.15) is 5.75 Å². The predicted molar refractivity (Wildman–Crippen MR) is 88.8 cm³/mol. The van der Waals surface area contributed by atoms with E-state index in [0.29, 0.717) is 6.54 Å². The zero-order chi connectivity index (χ0) is 15.2. The minimum absolute atomic E-state index is 0.499. The van der Waals surface area contributed by atoms with Crippen LogP contribution in [0.25, 0.3) is 0 Å². The highest BCUT2D eigenvalue weighted by atomic mass is 16.5. The van der Waals surface area contributed by atoms with Gasteiger partial charge < -0.3 is 15.4 Å². The van der Waals surface area contributed by atoms with Crippen molar-refractivity contribution < 1.29 is 4.74 Å². The lowest BCUT2D eigenvalue weighted by Crippen LogP contribution is -2.22. The van der Waals surface area contributed by atoms with E-state index in [0.717, 1.165) is 24.4 Å². The van der Waals surface area contributed by atoms with Crippen molar-refractivity contribution in [1.29, 1.82) is 0 Å². The summed E-state index contributed by atoms with van der Waals surface area (Å²) < 4.78 is 5.42. The summed E-state index contributed by atoms with van der Waals surface area (Å²) in [6.07, 6.45) is 0. The van der Waals surface area contributed by atoms with E-state index in [-0.39, 0.29) is 0 Å². The smallest absolute Gasteiger partial charge is 0.123 e. The van der Waals surface area contributed by atoms with Crippen molar-refractivity contribution in [2.45, 2.75) is 26.9 Å². The number of nitrogens with zero attached hydrogens (tertiary/aromatic N) is 1. The number of anilines is 1. The molecule has 0 fully saturated rings. The minimum atomic E-state index is 0.499. The second-order valence-electron chi connectivity index (χ2n) is 5.20. The quantitative estimate of drug-likeness (QED) is 0.882. The van der Waals surface area contributed by atoms with Crippen LogP contribution < -0.4 is 15.4 Å². The number of hydrogen-bond acceptors (Lipinski definition) is 3. The van der Waals surface area contributed by atoms with Crippen molar-refractivity contribution >= 4 is 5.69 Å². The van der Waals surface area contributed by atoms with Crippen LogP contribution in [-0.2, 0) is 13.1 Å². The van der Waals surface area contributed by atoms with Gasteiger partial charge in [-0.2, -0.15) is 0 Å². The van der Waals surface area contributed by atoms with Gasteiger partial charge in [0.2, 0.25) is 0 Å². The molecular weight excluding hydrogens is 260 g/mol. The Kier molecular flexibility index (Phi) is 5.23. The Balaban J connectivity index is 2.20. The normalized spacial score (nSPS) is 10.5. The van der Waals surface area contributed by atoms with Crippen molar-refractivity contribution in [2.24, 2.45) is 5.73 Å². The number of rotatable bonds is 6. The SMILES string of the molecule is CCN(Cc1ccc(CN)c(OC)c1)c1ccc(C)cc1. The van der Waals surface area contributed by atoms with Crippen LogP contribution in [0.2, 0.25) is 0 Å². The topological polar surface area (TPSA) is 38.5 Å². The van der Waals surface area contributed by atoms with Gasteiger partial charge in [0.05, 0.1) is 7.11 Å². The van der Waals surface area contributed by atoms with Crippen molar-refractivity contribution in [3.05, 3.63) is 59.2 Å². The first-order chi connectivity index (χ1) is 10.2. The lowest BCUT2D eigenvalue weighted by atomic mass is 10.1. The summed E-state index contributed by atoms with van der Waals surface area (Å²) in [6, 6.07) is 14.9. The highest BCUT2D eigenvalue weighted by Gasteiger charge is 2.08. The molecule has 0 saturated carbocycles. The zero-order valence-electron chi connectivity index (χ0n) is 13.1. The number of nitrogens with two attached hydrogens (primary N) is 1. The molecule has 3 heteroatoms. The third kappa shape index (κ3) is 3.76. The number of methoxy groups -OCH3 is 1. The molecule has 0 aliphatic carbocycles. The molecule has 3 nitrogen and oxygen atoms in total.